The van der Waals surface area contributed by atoms with Crippen molar-refractivity contribution in [2.24, 2.45) is 12.8 Å². The minimum atomic E-state index is -0.0127. The number of nitrogens with zero attached hydrogens (tertiary/aromatic N) is 8. The van der Waals surface area contributed by atoms with Crippen molar-refractivity contribution >= 4 is 91.3 Å². The molecule has 0 saturated carbocycles. The molecule has 6 heterocycles. The van der Waals surface area contributed by atoms with Gasteiger partial charge in [0.05, 0.1) is 11.0 Å². The number of hydrogen-bond donors (Lipinski definition) is 3. The molecule has 0 aliphatic rings. The molecule has 0 aromatic carbocycles. The van der Waals surface area contributed by atoms with E-state index in [0.717, 1.165) is 43.6 Å². The van der Waals surface area contributed by atoms with Gasteiger partial charge in [0, 0.05) is 25.1 Å². The monoisotopic (exact) mass is 1000 g/mol. The van der Waals surface area contributed by atoms with E-state index < -0.39 is 0 Å². The zero-order valence-electron chi connectivity index (χ0n) is 27.7. The fourth-order valence-corrected chi connectivity index (χ4v) is 4.87. The van der Waals surface area contributed by atoms with E-state index in [1.807, 2.05) is 74.1 Å². The van der Waals surface area contributed by atoms with Crippen LogP contribution in [0.15, 0.2) is 104 Å². The molecule has 0 fully saturated rings. The number of carbonyl (C=O) groups is 1. The molecule has 0 atom stereocenters. The van der Waals surface area contributed by atoms with Crippen LogP contribution in [0, 0.1) is 30.6 Å². The van der Waals surface area contributed by atoms with Gasteiger partial charge in [0.1, 0.15) is 58.9 Å². The number of aryl methyl sites for hydroxylation is 3. The lowest BCUT2D eigenvalue weighted by atomic mass is 10.3. The first-order chi connectivity index (χ1) is 24.2. The van der Waals surface area contributed by atoms with Crippen molar-refractivity contribution in [3.8, 4) is 29.1 Å². The predicted octanol–water partition coefficient (Wildman–Crippen LogP) is 8.91. The van der Waals surface area contributed by atoms with Crippen LogP contribution in [0.25, 0.3) is 23.0 Å². The second-order valence-corrected chi connectivity index (χ2v) is 13.8. The van der Waals surface area contributed by atoms with Crippen LogP contribution < -0.4 is 5.73 Å². The first-order valence-electron chi connectivity index (χ1n) is 14.5. The molecule has 0 aliphatic heterocycles. The van der Waals surface area contributed by atoms with Crippen LogP contribution in [0.3, 0.4) is 0 Å². The van der Waals surface area contributed by atoms with Gasteiger partial charge < -0.3 is 15.3 Å². The van der Waals surface area contributed by atoms with Crippen LogP contribution in [-0.2, 0) is 11.8 Å². The van der Waals surface area contributed by atoms with Gasteiger partial charge in [0.15, 0.2) is 11.6 Å². The normalized spacial score (nSPS) is 9.57. The molecule has 0 unspecified atom stereocenters. The molecule has 0 aliphatic carbocycles. The number of imidazole rings is 2. The zero-order chi connectivity index (χ0) is 37.9. The minimum Gasteiger partial charge on any atom is -0.382 e. The quantitative estimate of drug-likeness (QED) is 0.0671. The number of amidine groups is 1. The lowest BCUT2D eigenvalue weighted by Crippen LogP contribution is -2.12. The number of rotatable bonds is 4. The van der Waals surface area contributed by atoms with Gasteiger partial charge in [0.2, 0.25) is 0 Å². The molecule has 0 spiro atoms. The number of aromatic amines is 1. The topological polar surface area (TPSA) is 189 Å². The Morgan fingerprint density at radius 1 is 0.843 bits per heavy atom. The molecule has 4 N–H and O–H groups in total. The van der Waals surface area contributed by atoms with Gasteiger partial charge in [-0.25, -0.2) is 29.9 Å². The van der Waals surface area contributed by atoms with E-state index >= 15 is 0 Å². The molecule has 0 radical (unpaired) electrons. The van der Waals surface area contributed by atoms with E-state index in [1.165, 1.54) is 6.92 Å². The highest BCUT2D eigenvalue weighted by atomic mass is 79.9. The van der Waals surface area contributed by atoms with Crippen LogP contribution in [0.5, 0.6) is 0 Å². The SMILES string of the molecule is CC(=O)CBr.Cc1cn(C)c(-c2cccc(Br)n2)n1.Cc1cnc(-c2cccc(Br)n2)[nH]1.N#Cc1cccc(Br)n1.N=C(N)c1cccc(Br)n1. The number of ketones is 1. The van der Waals surface area contributed by atoms with Crippen LogP contribution in [0.2, 0.25) is 0 Å². The average molecular weight is 1010 g/mol. The standard InChI is InChI=1S/C10H10BrN3.C9H8BrN3.C6H6BrN3.C6H3BrN2.C3H5BrO/c1-7-6-14(2)10(12-7)8-4-3-5-9(11)13-8;1-6-5-11-9(12-6)7-3-2-4-8(10)13-7;7-5-3-1-2-4(10-5)6(8)9;7-6-3-1-2-5(4-8)9-6;1-3(5)2-4/h3-6H,1-2H3;2-5H,1H3,(H,11,12);1-3H,(H3,8,9);1-3H;2H2,1H3. The van der Waals surface area contributed by atoms with E-state index in [-0.39, 0.29) is 11.6 Å². The third-order valence-electron chi connectivity index (χ3n) is 5.61. The molecule has 0 bridgehead atoms. The number of nitrogens with two attached hydrogens (primary N) is 1. The number of nitrogens with one attached hydrogen (secondary N) is 2. The summed E-state index contributed by atoms with van der Waals surface area (Å²) in [6.07, 6.45) is 3.77. The molecule has 17 heteroatoms. The first-order valence-corrected chi connectivity index (χ1v) is 18.8. The Kier molecular flexibility index (Phi) is 19.3. The summed E-state index contributed by atoms with van der Waals surface area (Å²) in [4.78, 5) is 37.9. The number of carbonyl (C=O) groups excluding carboxylic acids is 1. The molecule has 264 valence electrons. The molecular weight excluding hydrogens is 978 g/mol. The lowest BCUT2D eigenvalue weighted by Gasteiger charge is -2.00. The summed E-state index contributed by atoms with van der Waals surface area (Å²) in [6, 6.07) is 23.9. The fourth-order valence-electron chi connectivity index (χ4n) is 3.50. The Hall–Kier alpha value is -3.95. The third kappa shape index (κ3) is 16.7. The summed E-state index contributed by atoms with van der Waals surface area (Å²) in [7, 11) is 1.97. The number of pyridine rings is 4. The summed E-state index contributed by atoms with van der Waals surface area (Å²) in [5.41, 5.74) is 9.89. The van der Waals surface area contributed by atoms with Crippen molar-refractivity contribution < 1.29 is 4.79 Å². The summed E-state index contributed by atoms with van der Waals surface area (Å²) in [5, 5.41) is 15.8. The number of nitriles is 1. The number of alkyl halides is 1. The average Bonchev–Trinajstić information content (AvgIpc) is 3.69. The van der Waals surface area contributed by atoms with Crippen LogP contribution >= 0.6 is 79.6 Å². The van der Waals surface area contributed by atoms with Gasteiger partial charge in [0.25, 0.3) is 0 Å². The number of H-pyrrole nitrogens is 1. The Labute approximate surface area is 338 Å². The Balaban J connectivity index is 0.000000229. The molecule has 0 saturated heterocycles. The largest absolute Gasteiger partial charge is 0.382 e. The molecular formula is C34H32Br5N11O. The fraction of sp³-hybridized carbons (Fsp3) is 0.147. The van der Waals surface area contributed by atoms with Crippen molar-refractivity contribution in [1.29, 1.82) is 10.7 Å². The zero-order valence-corrected chi connectivity index (χ0v) is 35.7. The molecule has 12 nitrogen and oxygen atoms in total. The smallest absolute Gasteiger partial charge is 0.158 e. The Morgan fingerprint density at radius 2 is 1.35 bits per heavy atom. The maximum Gasteiger partial charge on any atom is 0.158 e. The first kappa shape index (κ1) is 43.2. The summed E-state index contributed by atoms with van der Waals surface area (Å²) in [5.74, 6) is 1.86. The van der Waals surface area contributed by atoms with Crippen molar-refractivity contribution in [2.75, 3.05) is 5.33 Å². The third-order valence-corrected chi connectivity index (χ3v) is 8.17. The van der Waals surface area contributed by atoms with Crippen molar-refractivity contribution in [1.82, 2.24) is 39.5 Å². The van der Waals surface area contributed by atoms with Crippen LogP contribution in [0.1, 0.15) is 29.7 Å². The van der Waals surface area contributed by atoms with Gasteiger partial charge >= 0.3 is 0 Å². The minimum absolute atomic E-state index is 0.0127. The number of hydrogen-bond acceptors (Lipinski definition) is 9. The number of Topliss-reactive ketones (excluding diaryl/α,β-unsaturated/α-hetero) is 1. The Bertz CT molecular complexity index is 2080. The van der Waals surface area contributed by atoms with Crippen LogP contribution in [0.4, 0.5) is 0 Å². The highest BCUT2D eigenvalue weighted by Crippen LogP contribution is 2.18. The highest BCUT2D eigenvalue weighted by molar-refractivity contribution is 9.11. The van der Waals surface area contributed by atoms with E-state index in [4.69, 9.17) is 16.4 Å². The van der Waals surface area contributed by atoms with Crippen molar-refractivity contribution in [2.45, 2.75) is 20.8 Å². The van der Waals surface area contributed by atoms with Gasteiger partial charge in [-0.3, -0.25) is 10.2 Å². The van der Waals surface area contributed by atoms with Gasteiger partial charge in [-0.05, 0) is 133 Å². The molecule has 51 heavy (non-hydrogen) atoms. The number of nitrogen functional groups attached to an aromatic ring is 1. The lowest BCUT2D eigenvalue weighted by molar-refractivity contribution is -0.114. The van der Waals surface area contributed by atoms with E-state index in [2.05, 4.69) is 115 Å². The van der Waals surface area contributed by atoms with Crippen molar-refractivity contribution in [3.63, 3.8) is 0 Å². The second-order valence-electron chi connectivity index (χ2n) is 9.97. The maximum absolute atomic E-state index is 9.77. The van der Waals surface area contributed by atoms with Crippen molar-refractivity contribution in [3.05, 3.63) is 126 Å². The highest BCUT2D eigenvalue weighted by Gasteiger charge is 2.06. The number of aromatic nitrogens is 8. The summed E-state index contributed by atoms with van der Waals surface area (Å²) >= 11 is 15.9. The van der Waals surface area contributed by atoms with Gasteiger partial charge in [-0.2, -0.15) is 5.26 Å². The van der Waals surface area contributed by atoms with Crippen LogP contribution in [-0.4, -0.2) is 56.4 Å². The van der Waals surface area contributed by atoms with Gasteiger partial charge in [-0.15, -0.1) is 0 Å². The van der Waals surface area contributed by atoms with E-state index in [9.17, 15) is 4.79 Å². The second kappa shape index (κ2) is 22.8. The Morgan fingerprint density at radius 3 is 1.75 bits per heavy atom. The maximum atomic E-state index is 9.77. The van der Waals surface area contributed by atoms with E-state index in [1.54, 1.807) is 42.6 Å². The summed E-state index contributed by atoms with van der Waals surface area (Å²) < 4.78 is 5.01. The molecule has 6 rings (SSSR count). The summed E-state index contributed by atoms with van der Waals surface area (Å²) in [6.45, 7) is 5.48. The number of halogens is 5. The molecule has 6 aromatic rings. The predicted molar refractivity (Wildman–Crippen MR) is 217 cm³/mol. The molecule has 0 amide bonds. The van der Waals surface area contributed by atoms with E-state index in [0.29, 0.717) is 25.9 Å². The van der Waals surface area contributed by atoms with Gasteiger partial charge in [-0.1, -0.05) is 40.2 Å². The molecule has 6 aromatic heterocycles.